The van der Waals surface area contributed by atoms with E-state index in [1.807, 2.05) is 20.8 Å². The minimum atomic E-state index is -0.585. The van der Waals surface area contributed by atoms with Crippen LogP contribution in [-0.4, -0.2) is 36.9 Å². The Balaban J connectivity index is 2.30. The van der Waals surface area contributed by atoms with Crippen LogP contribution in [0, 0.1) is 11.8 Å². The van der Waals surface area contributed by atoms with Gasteiger partial charge in [-0.25, -0.2) is 4.79 Å². The predicted octanol–water partition coefficient (Wildman–Crippen LogP) is 3.45. The molecule has 1 aliphatic carbocycles. The lowest BCUT2D eigenvalue weighted by atomic mass is 9.90. The van der Waals surface area contributed by atoms with E-state index < -0.39 is 23.7 Å². The molecule has 154 valence electrons. The maximum atomic E-state index is 12.3. The first-order valence-corrected chi connectivity index (χ1v) is 9.94. The molecule has 2 aliphatic rings. The van der Waals surface area contributed by atoms with Crippen molar-refractivity contribution in [1.82, 2.24) is 10.8 Å². The molecule has 0 aromatic heterocycles. The summed E-state index contributed by atoms with van der Waals surface area (Å²) in [6.07, 6.45) is 3.70. The molecule has 3 unspecified atom stereocenters. The molecule has 2 N–H and O–H groups in total. The van der Waals surface area contributed by atoms with E-state index in [1.165, 1.54) is 7.11 Å². The summed E-state index contributed by atoms with van der Waals surface area (Å²) < 4.78 is 10.4. The topological polar surface area (TPSA) is 85.9 Å². The van der Waals surface area contributed by atoms with Crippen molar-refractivity contribution in [2.45, 2.75) is 84.5 Å². The molecule has 0 aromatic rings. The van der Waals surface area contributed by atoms with Gasteiger partial charge in [0.1, 0.15) is 11.7 Å². The Morgan fingerprint density at radius 2 is 1.89 bits per heavy atom. The molecule has 0 spiro atoms. The molecule has 0 aromatic carbocycles. The molecule has 7 nitrogen and oxygen atoms in total. The van der Waals surface area contributed by atoms with Gasteiger partial charge < -0.3 is 14.8 Å². The molecule has 1 saturated carbocycles. The molecule has 1 heterocycles. The van der Waals surface area contributed by atoms with E-state index in [-0.39, 0.29) is 12.0 Å². The third-order valence-corrected chi connectivity index (χ3v) is 5.02. The first-order chi connectivity index (χ1) is 12.7. The molecule has 3 atom stereocenters. The van der Waals surface area contributed by atoms with Crippen molar-refractivity contribution in [3.8, 4) is 0 Å². The van der Waals surface area contributed by atoms with Gasteiger partial charge >= 0.3 is 12.1 Å². The Kier molecular flexibility index (Phi) is 7.14. The number of hydroxylamine groups is 1. The van der Waals surface area contributed by atoms with Crippen LogP contribution in [0.15, 0.2) is 11.3 Å². The van der Waals surface area contributed by atoms with Gasteiger partial charge in [0.05, 0.1) is 19.1 Å². The fraction of sp³-hybridized carbons (Fsp3) is 0.800. The number of nitrogens with one attached hydrogen (secondary N) is 2. The summed E-state index contributed by atoms with van der Waals surface area (Å²) in [6.45, 7) is 9.78. The first-order valence-electron chi connectivity index (χ1n) is 9.94. The van der Waals surface area contributed by atoms with Gasteiger partial charge in [-0.15, -0.1) is 0 Å². The number of hydrogen-bond donors (Lipinski definition) is 2. The normalized spacial score (nSPS) is 24.6. The van der Waals surface area contributed by atoms with Crippen molar-refractivity contribution in [2.24, 2.45) is 11.8 Å². The van der Waals surface area contributed by atoms with Crippen molar-refractivity contribution in [2.75, 3.05) is 7.11 Å². The smallest absolute Gasteiger partial charge is 0.408 e. The number of alkyl carbamates (subject to hydrolysis) is 1. The monoisotopic (exact) mass is 382 g/mol. The second-order valence-electron chi connectivity index (χ2n) is 8.35. The van der Waals surface area contributed by atoms with Gasteiger partial charge in [-0.1, -0.05) is 26.7 Å². The van der Waals surface area contributed by atoms with E-state index in [0.29, 0.717) is 12.3 Å². The summed E-state index contributed by atoms with van der Waals surface area (Å²) >= 11 is 0. The van der Waals surface area contributed by atoms with Crippen LogP contribution in [0.25, 0.3) is 0 Å². The number of esters is 1. The Labute approximate surface area is 162 Å². The lowest BCUT2D eigenvalue weighted by Crippen LogP contribution is -2.39. The number of ether oxygens (including phenoxy) is 2. The fourth-order valence-electron chi connectivity index (χ4n) is 4.00. The van der Waals surface area contributed by atoms with Crippen molar-refractivity contribution in [3.63, 3.8) is 0 Å². The third kappa shape index (κ3) is 5.15. The maximum Gasteiger partial charge on any atom is 0.408 e. The zero-order chi connectivity index (χ0) is 20.2. The highest BCUT2D eigenvalue weighted by molar-refractivity contribution is 5.76. The predicted molar refractivity (Wildman–Crippen MR) is 102 cm³/mol. The second-order valence-corrected chi connectivity index (χ2v) is 8.35. The van der Waals surface area contributed by atoms with Crippen LogP contribution in [0.1, 0.15) is 66.7 Å². The lowest BCUT2D eigenvalue weighted by molar-refractivity contribution is -0.150. The number of fused-ring (bicyclic) bond motifs is 1. The molecular weight excluding hydrogens is 348 g/mol. The minimum Gasteiger partial charge on any atom is -0.469 e. The van der Waals surface area contributed by atoms with Gasteiger partial charge in [0.2, 0.25) is 0 Å². The summed E-state index contributed by atoms with van der Waals surface area (Å²) in [4.78, 5) is 30.4. The number of methoxy groups -OCH3 is 1. The summed E-state index contributed by atoms with van der Waals surface area (Å²) in [7, 11) is 1.38. The van der Waals surface area contributed by atoms with Crippen molar-refractivity contribution in [1.29, 1.82) is 0 Å². The fourth-order valence-corrected chi connectivity index (χ4v) is 4.00. The largest absolute Gasteiger partial charge is 0.469 e. The minimum absolute atomic E-state index is 0.310. The van der Waals surface area contributed by atoms with Crippen LogP contribution in [0.2, 0.25) is 0 Å². The van der Waals surface area contributed by atoms with Crippen molar-refractivity contribution in [3.05, 3.63) is 11.3 Å². The van der Waals surface area contributed by atoms with Crippen LogP contribution in [0.5, 0.6) is 0 Å². The van der Waals surface area contributed by atoms with Gasteiger partial charge in [0.25, 0.3) is 0 Å². The van der Waals surface area contributed by atoms with Gasteiger partial charge in [0, 0.05) is 17.2 Å². The Morgan fingerprint density at radius 1 is 1.26 bits per heavy atom. The summed E-state index contributed by atoms with van der Waals surface area (Å²) in [6, 6.07) is -0.310. The summed E-state index contributed by atoms with van der Waals surface area (Å²) in [5.74, 6) is -0.449. The van der Waals surface area contributed by atoms with E-state index >= 15 is 0 Å². The SMILES string of the molecule is CCCC(CCC)C1=C2C(NC(=O)OC(C)(C)C)CC(C(=O)OC)C2ON1. The molecular formula is C20H34N2O5. The maximum absolute atomic E-state index is 12.3. The average Bonchev–Trinajstić information content (AvgIpc) is 3.13. The van der Waals surface area contributed by atoms with E-state index in [9.17, 15) is 9.59 Å². The molecule has 1 amide bonds. The highest BCUT2D eigenvalue weighted by Gasteiger charge is 2.50. The van der Waals surface area contributed by atoms with E-state index in [0.717, 1.165) is 37.0 Å². The molecule has 2 rings (SSSR count). The van der Waals surface area contributed by atoms with Gasteiger partial charge in [-0.3, -0.25) is 15.1 Å². The third-order valence-electron chi connectivity index (χ3n) is 5.02. The Morgan fingerprint density at radius 3 is 2.41 bits per heavy atom. The number of carbonyl (C=O) groups excluding carboxylic acids is 2. The van der Waals surface area contributed by atoms with Crippen LogP contribution in [0.4, 0.5) is 4.79 Å². The number of amides is 1. The van der Waals surface area contributed by atoms with Gasteiger partial charge in [0.15, 0.2) is 0 Å². The number of hydrogen-bond acceptors (Lipinski definition) is 6. The Bertz CT molecular complexity index is 575. The molecule has 7 heteroatoms. The standard InChI is InChI=1S/C20H34N2O5/c1-7-9-12(10-8-2)16-15-14(21-19(24)26-20(3,4)5)11-13(18(23)25-6)17(15)27-22-16/h12-14,17,22H,7-11H2,1-6H3,(H,21,24). The molecule has 0 saturated heterocycles. The quantitative estimate of drug-likeness (QED) is 0.656. The van der Waals surface area contributed by atoms with Gasteiger partial charge in [-0.05, 0) is 40.0 Å². The molecule has 0 radical (unpaired) electrons. The highest BCUT2D eigenvalue weighted by atomic mass is 16.7. The van der Waals surface area contributed by atoms with E-state index in [2.05, 4.69) is 24.6 Å². The lowest BCUT2D eigenvalue weighted by Gasteiger charge is -2.24. The van der Waals surface area contributed by atoms with E-state index in [1.54, 1.807) is 0 Å². The Hall–Kier alpha value is -1.76. The zero-order valence-corrected chi connectivity index (χ0v) is 17.4. The number of allylic oxidation sites excluding steroid dienone is 1. The molecule has 1 aliphatic heterocycles. The molecule has 27 heavy (non-hydrogen) atoms. The first kappa shape index (κ1) is 21.5. The highest BCUT2D eigenvalue weighted by Crippen LogP contribution is 2.42. The van der Waals surface area contributed by atoms with E-state index in [4.69, 9.17) is 14.3 Å². The van der Waals surface area contributed by atoms with Crippen LogP contribution < -0.4 is 10.8 Å². The zero-order valence-electron chi connectivity index (χ0n) is 17.4. The van der Waals surface area contributed by atoms with Crippen molar-refractivity contribution >= 4 is 12.1 Å². The average molecular weight is 383 g/mol. The second kappa shape index (κ2) is 8.95. The van der Waals surface area contributed by atoms with Crippen LogP contribution in [0.3, 0.4) is 0 Å². The molecule has 1 fully saturated rings. The summed E-state index contributed by atoms with van der Waals surface area (Å²) in [5, 5.41) is 2.94. The van der Waals surface area contributed by atoms with Crippen LogP contribution >= 0.6 is 0 Å². The summed E-state index contributed by atoms with van der Waals surface area (Å²) in [5.41, 5.74) is 4.46. The number of carbonyl (C=O) groups is 2. The van der Waals surface area contributed by atoms with Crippen molar-refractivity contribution < 1.29 is 23.9 Å². The van der Waals surface area contributed by atoms with Crippen LogP contribution in [-0.2, 0) is 19.1 Å². The number of rotatable bonds is 7. The van der Waals surface area contributed by atoms with Gasteiger partial charge in [-0.2, -0.15) is 0 Å². The molecule has 0 bridgehead atoms.